The molecule has 3 heterocycles. The monoisotopic (exact) mass is 345 g/mol. The number of nitrogens with zero attached hydrogens (tertiary/aromatic N) is 2. The second-order valence-corrected chi connectivity index (χ2v) is 6.13. The Hall–Kier alpha value is -0.840. The average Bonchev–Trinajstić information content (AvgIpc) is 2.77. The Morgan fingerprint density at radius 1 is 1.14 bits per heavy atom. The van der Waals surface area contributed by atoms with Crippen molar-refractivity contribution in [2.75, 3.05) is 26.2 Å². The van der Waals surface area contributed by atoms with Crippen molar-refractivity contribution >= 4 is 30.7 Å². The lowest BCUT2D eigenvalue weighted by Gasteiger charge is -2.21. The standard InChI is InChI=1S/C16H23N3O.2ClH/c1-11-3-4-15(12(2)18-11)16(20)19-7-5-13-9-17-10-14(13)6-8-19;;/h3-4,13-14,17H,5-10H2,1-2H3;2*1H/t13-,14+;;. The smallest absolute Gasteiger partial charge is 0.255 e. The van der Waals surface area contributed by atoms with Crippen LogP contribution in [0.5, 0.6) is 0 Å². The number of hydrogen-bond acceptors (Lipinski definition) is 3. The van der Waals surface area contributed by atoms with Gasteiger partial charge in [0.1, 0.15) is 0 Å². The molecule has 0 aromatic carbocycles. The van der Waals surface area contributed by atoms with Gasteiger partial charge in [-0.05, 0) is 63.7 Å². The molecule has 0 unspecified atom stereocenters. The van der Waals surface area contributed by atoms with E-state index in [1.54, 1.807) is 0 Å². The maximum atomic E-state index is 12.7. The summed E-state index contributed by atoms with van der Waals surface area (Å²) in [5.41, 5.74) is 2.58. The minimum Gasteiger partial charge on any atom is -0.339 e. The van der Waals surface area contributed by atoms with Crippen molar-refractivity contribution in [1.82, 2.24) is 15.2 Å². The molecular weight excluding hydrogens is 321 g/mol. The normalized spacial score (nSPS) is 23.8. The van der Waals surface area contributed by atoms with E-state index in [1.807, 2.05) is 30.9 Å². The van der Waals surface area contributed by atoms with Gasteiger partial charge in [0.05, 0.1) is 11.3 Å². The number of likely N-dealkylation sites (tertiary alicyclic amines) is 1. The third-order valence-electron chi connectivity index (χ3n) is 4.76. The van der Waals surface area contributed by atoms with E-state index in [4.69, 9.17) is 0 Å². The number of nitrogens with one attached hydrogen (secondary N) is 1. The number of aryl methyl sites for hydroxylation is 2. The number of hydrogen-bond donors (Lipinski definition) is 1. The van der Waals surface area contributed by atoms with Crippen molar-refractivity contribution in [3.63, 3.8) is 0 Å². The zero-order chi connectivity index (χ0) is 14.1. The first-order valence-corrected chi connectivity index (χ1v) is 7.59. The molecule has 0 spiro atoms. The Kier molecular flexibility index (Phi) is 7.10. The molecule has 2 aliphatic heterocycles. The minimum atomic E-state index is 0. The number of fused-ring (bicyclic) bond motifs is 1. The summed E-state index contributed by atoms with van der Waals surface area (Å²) in [6.45, 7) is 7.90. The lowest BCUT2D eigenvalue weighted by molar-refractivity contribution is 0.0757. The van der Waals surface area contributed by atoms with Gasteiger partial charge >= 0.3 is 0 Å². The highest BCUT2D eigenvalue weighted by Crippen LogP contribution is 2.27. The van der Waals surface area contributed by atoms with Crippen LogP contribution < -0.4 is 5.32 Å². The Labute approximate surface area is 144 Å². The zero-order valence-corrected chi connectivity index (χ0v) is 14.8. The molecule has 0 radical (unpaired) electrons. The van der Waals surface area contributed by atoms with E-state index in [9.17, 15) is 4.79 Å². The van der Waals surface area contributed by atoms with Gasteiger partial charge in [0.2, 0.25) is 0 Å². The van der Waals surface area contributed by atoms with E-state index >= 15 is 0 Å². The highest BCUT2D eigenvalue weighted by atomic mass is 35.5. The zero-order valence-electron chi connectivity index (χ0n) is 13.2. The topological polar surface area (TPSA) is 45.2 Å². The van der Waals surface area contributed by atoms with E-state index in [0.29, 0.717) is 0 Å². The molecule has 0 bridgehead atoms. The van der Waals surface area contributed by atoms with Gasteiger partial charge in [0.25, 0.3) is 5.91 Å². The summed E-state index contributed by atoms with van der Waals surface area (Å²) in [5, 5.41) is 3.47. The van der Waals surface area contributed by atoms with Crippen LogP contribution in [0.1, 0.15) is 34.6 Å². The van der Waals surface area contributed by atoms with Crippen molar-refractivity contribution in [3.05, 3.63) is 29.1 Å². The second kappa shape index (κ2) is 8.14. The molecule has 0 aliphatic carbocycles. The molecule has 3 rings (SSSR count). The third-order valence-corrected chi connectivity index (χ3v) is 4.76. The minimum absolute atomic E-state index is 0. The summed E-state index contributed by atoms with van der Waals surface area (Å²) in [5.74, 6) is 1.66. The fourth-order valence-corrected chi connectivity index (χ4v) is 3.50. The molecule has 0 saturated carbocycles. The van der Waals surface area contributed by atoms with E-state index in [0.717, 1.165) is 67.8 Å². The van der Waals surface area contributed by atoms with Crippen LogP contribution in [-0.4, -0.2) is 42.0 Å². The molecule has 1 aromatic rings. The summed E-state index contributed by atoms with van der Waals surface area (Å²) >= 11 is 0. The van der Waals surface area contributed by atoms with Crippen molar-refractivity contribution < 1.29 is 4.79 Å². The Morgan fingerprint density at radius 3 is 2.27 bits per heavy atom. The molecule has 1 aromatic heterocycles. The summed E-state index contributed by atoms with van der Waals surface area (Å²) in [6, 6.07) is 3.85. The average molecular weight is 346 g/mol. The predicted molar refractivity (Wildman–Crippen MR) is 93.2 cm³/mol. The molecule has 124 valence electrons. The number of carbonyl (C=O) groups is 1. The van der Waals surface area contributed by atoms with Gasteiger partial charge in [0.15, 0.2) is 0 Å². The number of aromatic nitrogens is 1. The molecule has 4 nitrogen and oxygen atoms in total. The summed E-state index contributed by atoms with van der Waals surface area (Å²) in [4.78, 5) is 19.1. The molecular formula is C16H25Cl2N3O. The molecule has 6 heteroatoms. The Bertz CT molecular complexity index is 510. The molecule has 22 heavy (non-hydrogen) atoms. The quantitative estimate of drug-likeness (QED) is 0.850. The lowest BCUT2D eigenvalue weighted by Crippen LogP contribution is -2.33. The van der Waals surface area contributed by atoms with Crippen molar-refractivity contribution in [2.24, 2.45) is 11.8 Å². The van der Waals surface area contributed by atoms with Crippen LogP contribution in [0, 0.1) is 25.7 Å². The van der Waals surface area contributed by atoms with Gasteiger partial charge in [-0.25, -0.2) is 0 Å². The van der Waals surface area contributed by atoms with Crippen molar-refractivity contribution in [1.29, 1.82) is 0 Å². The van der Waals surface area contributed by atoms with Gasteiger partial charge in [-0.2, -0.15) is 0 Å². The van der Waals surface area contributed by atoms with Crippen LogP contribution in [0.2, 0.25) is 0 Å². The van der Waals surface area contributed by atoms with Crippen LogP contribution in [0.4, 0.5) is 0 Å². The molecule has 2 atom stereocenters. The van der Waals surface area contributed by atoms with Crippen molar-refractivity contribution in [3.8, 4) is 0 Å². The number of carbonyl (C=O) groups excluding carboxylic acids is 1. The van der Waals surface area contributed by atoms with E-state index in [2.05, 4.69) is 10.3 Å². The first-order valence-electron chi connectivity index (χ1n) is 7.59. The molecule has 1 amide bonds. The number of halogens is 2. The van der Waals surface area contributed by atoms with E-state index in [1.165, 1.54) is 0 Å². The largest absolute Gasteiger partial charge is 0.339 e. The third kappa shape index (κ3) is 3.92. The molecule has 2 saturated heterocycles. The van der Waals surface area contributed by atoms with Gasteiger partial charge in [-0.1, -0.05) is 0 Å². The predicted octanol–water partition coefficient (Wildman–Crippen LogP) is 2.61. The second-order valence-electron chi connectivity index (χ2n) is 6.13. The van der Waals surface area contributed by atoms with Crippen LogP contribution >= 0.6 is 24.8 Å². The highest BCUT2D eigenvalue weighted by Gasteiger charge is 2.31. The first kappa shape index (κ1) is 19.2. The van der Waals surface area contributed by atoms with E-state index in [-0.39, 0.29) is 30.7 Å². The Balaban J connectivity index is 0.00000121. The van der Waals surface area contributed by atoms with E-state index < -0.39 is 0 Å². The maximum absolute atomic E-state index is 12.7. The fraction of sp³-hybridized carbons (Fsp3) is 0.625. The van der Waals surface area contributed by atoms with Crippen LogP contribution in [-0.2, 0) is 0 Å². The summed E-state index contributed by atoms with van der Waals surface area (Å²) in [7, 11) is 0. The molecule has 1 N–H and O–H groups in total. The highest BCUT2D eigenvalue weighted by molar-refractivity contribution is 5.95. The number of rotatable bonds is 1. The Morgan fingerprint density at radius 2 is 1.73 bits per heavy atom. The molecule has 2 aliphatic rings. The van der Waals surface area contributed by atoms with Crippen LogP contribution in [0.15, 0.2) is 12.1 Å². The molecule has 2 fully saturated rings. The number of pyridine rings is 1. The maximum Gasteiger partial charge on any atom is 0.255 e. The first-order chi connectivity index (χ1) is 9.65. The van der Waals surface area contributed by atoms with Crippen LogP contribution in [0.3, 0.4) is 0 Å². The van der Waals surface area contributed by atoms with Crippen molar-refractivity contribution in [2.45, 2.75) is 26.7 Å². The lowest BCUT2D eigenvalue weighted by atomic mass is 9.92. The summed E-state index contributed by atoms with van der Waals surface area (Å²) in [6.07, 6.45) is 2.25. The fourth-order valence-electron chi connectivity index (χ4n) is 3.50. The van der Waals surface area contributed by atoms with Gasteiger partial charge in [-0.15, -0.1) is 24.8 Å². The van der Waals surface area contributed by atoms with Gasteiger partial charge in [0, 0.05) is 18.8 Å². The SMILES string of the molecule is Cc1ccc(C(=O)N2CC[C@@H]3CNC[C@@H]3CC2)c(C)n1.Cl.Cl. The summed E-state index contributed by atoms with van der Waals surface area (Å²) < 4.78 is 0. The number of amides is 1. The van der Waals surface area contributed by atoms with Gasteiger partial charge < -0.3 is 10.2 Å². The van der Waals surface area contributed by atoms with Gasteiger partial charge in [-0.3, -0.25) is 9.78 Å². The van der Waals surface area contributed by atoms with Crippen LogP contribution in [0.25, 0.3) is 0 Å².